The van der Waals surface area contributed by atoms with Gasteiger partial charge in [-0.3, -0.25) is 4.79 Å². The maximum atomic E-state index is 12.1. The van der Waals surface area contributed by atoms with Gasteiger partial charge >= 0.3 is 0 Å². The highest BCUT2D eigenvalue weighted by Crippen LogP contribution is 2.20. The van der Waals surface area contributed by atoms with Crippen molar-refractivity contribution in [1.29, 1.82) is 0 Å². The van der Waals surface area contributed by atoms with Crippen molar-refractivity contribution >= 4 is 29.1 Å². The molecule has 2 aromatic rings. The highest BCUT2D eigenvalue weighted by Gasteiger charge is 2.17. The lowest BCUT2D eigenvalue weighted by Gasteiger charge is -2.30. The molecule has 0 radical (unpaired) electrons. The largest absolute Gasteiger partial charge is 0.341 e. The summed E-state index contributed by atoms with van der Waals surface area (Å²) < 4.78 is 0. The molecule has 1 N–H and O–H groups in total. The van der Waals surface area contributed by atoms with E-state index in [0.717, 1.165) is 30.5 Å². The predicted molar refractivity (Wildman–Crippen MR) is 101 cm³/mol. The average Bonchev–Trinajstić information content (AvgIpc) is 2.62. The number of benzene rings is 1. The summed E-state index contributed by atoms with van der Waals surface area (Å²) >= 11 is 5.96. The lowest BCUT2D eigenvalue weighted by molar-refractivity contribution is -0.116. The average molecular weight is 359 g/mol. The third-order valence-corrected chi connectivity index (χ3v) is 4.75. The summed E-state index contributed by atoms with van der Waals surface area (Å²) in [5, 5.41) is 3.54. The van der Waals surface area contributed by atoms with E-state index in [0.29, 0.717) is 23.6 Å². The number of piperidine rings is 1. The van der Waals surface area contributed by atoms with E-state index in [4.69, 9.17) is 11.6 Å². The predicted octanol–water partition coefficient (Wildman–Crippen LogP) is 3.94. The molecule has 25 heavy (non-hydrogen) atoms. The number of nitrogens with one attached hydrogen (secondary N) is 1. The molecule has 1 amide bonds. The summed E-state index contributed by atoms with van der Waals surface area (Å²) in [6.07, 6.45) is 6.75. The van der Waals surface area contributed by atoms with Crippen molar-refractivity contribution in [2.24, 2.45) is 5.92 Å². The summed E-state index contributed by atoms with van der Waals surface area (Å²) in [4.78, 5) is 23.1. The first kappa shape index (κ1) is 17.7. The van der Waals surface area contributed by atoms with Crippen LogP contribution in [0.1, 0.15) is 31.7 Å². The van der Waals surface area contributed by atoms with Gasteiger partial charge in [0.2, 0.25) is 11.9 Å². The number of hydrogen-bond donors (Lipinski definition) is 1. The van der Waals surface area contributed by atoms with Gasteiger partial charge < -0.3 is 10.2 Å². The second kappa shape index (κ2) is 8.30. The molecule has 132 valence electrons. The topological polar surface area (TPSA) is 58.1 Å². The fourth-order valence-corrected chi connectivity index (χ4v) is 3.14. The minimum atomic E-state index is -0.0527. The highest BCUT2D eigenvalue weighted by molar-refractivity contribution is 6.30. The smallest absolute Gasteiger partial charge is 0.225 e. The van der Waals surface area contributed by atoms with E-state index in [1.165, 1.54) is 12.8 Å². The van der Waals surface area contributed by atoms with Crippen LogP contribution in [0.15, 0.2) is 36.7 Å². The molecular weight excluding hydrogens is 336 g/mol. The fourth-order valence-electron chi connectivity index (χ4n) is 2.93. The van der Waals surface area contributed by atoms with Crippen molar-refractivity contribution in [1.82, 2.24) is 9.97 Å². The van der Waals surface area contributed by atoms with Gasteiger partial charge in [-0.1, -0.05) is 30.7 Å². The molecule has 6 heteroatoms. The van der Waals surface area contributed by atoms with Crippen LogP contribution in [0.5, 0.6) is 0 Å². The molecule has 0 spiro atoms. The van der Waals surface area contributed by atoms with Crippen LogP contribution >= 0.6 is 11.6 Å². The fraction of sp³-hybridized carbons (Fsp3) is 0.421. The molecule has 3 rings (SSSR count). The Hall–Kier alpha value is -2.14. The molecule has 1 aliphatic heterocycles. The maximum absolute atomic E-state index is 12.1. The quantitative estimate of drug-likeness (QED) is 0.879. The van der Waals surface area contributed by atoms with Gasteiger partial charge in [0.1, 0.15) is 0 Å². The number of hydrogen-bond acceptors (Lipinski definition) is 4. The molecule has 5 nitrogen and oxygen atoms in total. The van der Waals surface area contributed by atoms with Crippen LogP contribution in [-0.4, -0.2) is 29.0 Å². The van der Waals surface area contributed by atoms with Gasteiger partial charge in [-0.05, 0) is 42.9 Å². The Kier molecular flexibility index (Phi) is 5.87. The molecule has 0 bridgehead atoms. The Labute approximate surface area is 153 Å². The van der Waals surface area contributed by atoms with Crippen LogP contribution in [0, 0.1) is 5.92 Å². The van der Waals surface area contributed by atoms with Gasteiger partial charge in [-0.25, -0.2) is 9.97 Å². The van der Waals surface area contributed by atoms with Crippen molar-refractivity contribution in [2.45, 2.75) is 32.6 Å². The second-order valence-corrected chi connectivity index (χ2v) is 7.06. The first-order valence-corrected chi connectivity index (χ1v) is 9.09. The zero-order valence-electron chi connectivity index (χ0n) is 14.4. The number of rotatable bonds is 5. The molecule has 1 aliphatic rings. The number of carbonyl (C=O) groups is 1. The monoisotopic (exact) mass is 358 g/mol. The Morgan fingerprint density at radius 3 is 2.68 bits per heavy atom. The number of amides is 1. The number of carbonyl (C=O) groups excluding carboxylic acids is 1. The van der Waals surface area contributed by atoms with E-state index in [9.17, 15) is 4.79 Å². The van der Waals surface area contributed by atoms with Crippen LogP contribution < -0.4 is 10.2 Å². The Balaban J connectivity index is 1.50. The number of aryl methyl sites for hydroxylation is 1. The van der Waals surface area contributed by atoms with Gasteiger partial charge in [-0.2, -0.15) is 0 Å². The molecule has 0 atom stereocenters. The molecule has 1 aromatic heterocycles. The van der Waals surface area contributed by atoms with Crippen molar-refractivity contribution < 1.29 is 4.79 Å². The van der Waals surface area contributed by atoms with Crippen LogP contribution in [0.4, 0.5) is 11.6 Å². The van der Waals surface area contributed by atoms with E-state index in [2.05, 4.69) is 27.1 Å². The van der Waals surface area contributed by atoms with E-state index < -0.39 is 0 Å². The zero-order chi connectivity index (χ0) is 17.6. The van der Waals surface area contributed by atoms with Gasteiger partial charge in [0.25, 0.3) is 0 Å². The highest BCUT2D eigenvalue weighted by atomic mass is 35.5. The summed E-state index contributed by atoms with van der Waals surface area (Å²) in [6, 6.07) is 7.57. The summed E-state index contributed by atoms with van der Waals surface area (Å²) in [5.74, 6) is 1.46. The maximum Gasteiger partial charge on any atom is 0.225 e. The molecule has 1 aromatic carbocycles. The normalized spacial score (nSPS) is 15.2. The minimum Gasteiger partial charge on any atom is -0.341 e. The van der Waals surface area contributed by atoms with Crippen LogP contribution in [-0.2, 0) is 11.2 Å². The lowest BCUT2D eigenvalue weighted by atomic mass is 10.00. The first-order valence-electron chi connectivity index (χ1n) is 8.71. The van der Waals surface area contributed by atoms with Crippen molar-refractivity contribution in [3.05, 3.63) is 47.2 Å². The van der Waals surface area contributed by atoms with Crippen molar-refractivity contribution in [3.63, 3.8) is 0 Å². The number of halogens is 1. The molecular formula is C19H23ClN4O. The van der Waals surface area contributed by atoms with Gasteiger partial charge in [0.05, 0.1) is 18.1 Å². The molecule has 1 saturated heterocycles. The van der Waals surface area contributed by atoms with Crippen molar-refractivity contribution in [2.75, 3.05) is 23.3 Å². The lowest BCUT2D eigenvalue weighted by Crippen LogP contribution is -2.34. The molecule has 1 fully saturated rings. The van der Waals surface area contributed by atoms with Gasteiger partial charge in [-0.15, -0.1) is 0 Å². The van der Waals surface area contributed by atoms with Crippen LogP contribution in [0.25, 0.3) is 0 Å². The minimum absolute atomic E-state index is 0.0527. The summed E-state index contributed by atoms with van der Waals surface area (Å²) in [7, 11) is 0. The SMILES string of the molecule is CC1CCN(c2ncc(NC(=O)CCc3cccc(Cl)c3)cn2)CC1. The molecule has 2 heterocycles. The van der Waals surface area contributed by atoms with Crippen LogP contribution in [0.2, 0.25) is 5.02 Å². The third-order valence-electron chi connectivity index (χ3n) is 4.52. The number of anilines is 2. The Morgan fingerprint density at radius 1 is 1.28 bits per heavy atom. The number of nitrogens with zero attached hydrogens (tertiary/aromatic N) is 3. The Morgan fingerprint density at radius 2 is 2.00 bits per heavy atom. The van der Waals surface area contributed by atoms with E-state index in [1.807, 2.05) is 24.3 Å². The molecule has 0 unspecified atom stereocenters. The van der Waals surface area contributed by atoms with E-state index in [-0.39, 0.29) is 5.91 Å². The van der Waals surface area contributed by atoms with E-state index >= 15 is 0 Å². The first-order chi connectivity index (χ1) is 12.1. The third kappa shape index (κ3) is 5.16. The van der Waals surface area contributed by atoms with Crippen LogP contribution in [0.3, 0.4) is 0 Å². The van der Waals surface area contributed by atoms with Gasteiger partial charge in [0.15, 0.2) is 0 Å². The second-order valence-electron chi connectivity index (χ2n) is 6.62. The molecule has 0 saturated carbocycles. The summed E-state index contributed by atoms with van der Waals surface area (Å²) in [5.41, 5.74) is 1.68. The van der Waals surface area contributed by atoms with Crippen molar-refractivity contribution in [3.8, 4) is 0 Å². The zero-order valence-corrected chi connectivity index (χ0v) is 15.2. The van der Waals surface area contributed by atoms with Gasteiger partial charge in [0, 0.05) is 24.5 Å². The standard InChI is InChI=1S/C19H23ClN4O/c1-14-7-9-24(10-8-14)19-21-12-17(13-22-19)23-18(25)6-5-15-3-2-4-16(20)11-15/h2-4,11-14H,5-10H2,1H3,(H,23,25). The van der Waals surface area contributed by atoms with E-state index in [1.54, 1.807) is 12.4 Å². The summed E-state index contributed by atoms with van der Waals surface area (Å²) in [6.45, 7) is 4.26. The Bertz CT molecular complexity index is 712. The number of aromatic nitrogens is 2. The molecule has 0 aliphatic carbocycles.